The van der Waals surface area contributed by atoms with Crippen LogP contribution in [0.3, 0.4) is 0 Å². The van der Waals surface area contributed by atoms with E-state index in [-0.39, 0.29) is 81.8 Å². The van der Waals surface area contributed by atoms with Gasteiger partial charge in [-0.3, -0.25) is 28.9 Å². The van der Waals surface area contributed by atoms with E-state index in [2.05, 4.69) is 45.7 Å². The van der Waals surface area contributed by atoms with Crippen molar-refractivity contribution >= 4 is 69.3 Å². The van der Waals surface area contributed by atoms with Gasteiger partial charge in [-0.2, -0.15) is 0 Å². The third kappa shape index (κ3) is 17.7. The number of nitrogens with one attached hydrogen (secondary N) is 4. The second-order valence-electron chi connectivity index (χ2n) is 22.6. The van der Waals surface area contributed by atoms with E-state index >= 15 is 0 Å². The normalized spacial score (nSPS) is 18.3. The molecule has 0 radical (unpaired) electrons. The highest BCUT2D eigenvalue weighted by molar-refractivity contribution is 7.13. The van der Waals surface area contributed by atoms with E-state index in [9.17, 15) is 29.1 Å². The van der Waals surface area contributed by atoms with Crippen LogP contribution in [0.5, 0.6) is 0 Å². The number of hydrogen-bond acceptors (Lipinski definition) is 17. The molecule has 7 N–H and O–H groups in total. The number of ether oxygens (including phenoxy) is 4. The summed E-state index contributed by atoms with van der Waals surface area (Å²) in [4.78, 5) is 92.6. The van der Waals surface area contributed by atoms with Crippen LogP contribution >= 0.6 is 22.9 Å². The molecule has 0 unspecified atom stereocenters. The number of fused-ring (bicyclic) bond motifs is 1. The lowest BCUT2D eigenvalue weighted by molar-refractivity contribution is -0.144. The molecule has 5 amide bonds. The molecule has 3 aromatic heterocycles. The Bertz CT molecular complexity index is 2910. The number of nitrogens with zero attached hydrogens (tertiary/aromatic N) is 7. The molecule has 6 heterocycles. The Labute approximate surface area is 494 Å². The number of rotatable bonds is 28. The van der Waals surface area contributed by atoms with E-state index in [1.54, 1.807) is 17.7 Å². The van der Waals surface area contributed by atoms with Gasteiger partial charge in [-0.15, -0.1) is 11.3 Å². The number of halogens is 1. The molecule has 4 atom stereocenters. The van der Waals surface area contributed by atoms with Gasteiger partial charge >= 0.3 is 0 Å². The lowest BCUT2D eigenvalue weighted by Gasteiger charge is -2.39. The fourth-order valence-electron chi connectivity index (χ4n) is 10.6. The average molecular weight is 1190 g/mol. The first-order valence-electron chi connectivity index (χ1n) is 28.7. The number of hydrogen-bond donors (Lipinski definition) is 6. The molecule has 3 saturated heterocycles. The quantitative estimate of drug-likeness (QED) is 0.0379. The van der Waals surface area contributed by atoms with Gasteiger partial charge in [0.25, 0.3) is 0 Å². The van der Waals surface area contributed by atoms with E-state index in [4.69, 9.17) is 36.3 Å². The molecule has 0 saturated carbocycles. The molecule has 450 valence electrons. The SMILES string of the molecule is Cc1ncsc1-c1ccc(CNC(=O)[C@@H]2C[C@@H](O)CN2C(=O)[C@@H](NC(=O)CCOCCOCCOCCOCCC(=O)N2CCN(CC[C@H](NC(=O)C3(N)CCN(c4ncnc5[nH]ccc45)CC3)c3ccc(Cl)cc3)CC2)C(C)(C)C)cc1. The summed E-state index contributed by atoms with van der Waals surface area (Å²) in [6.07, 6.45) is 4.51. The molecule has 8 rings (SSSR count). The fraction of sp³-hybridized carbons (Fsp3) is 0.559. The van der Waals surface area contributed by atoms with Gasteiger partial charge in [0, 0.05) is 83.0 Å². The highest BCUT2D eigenvalue weighted by Crippen LogP contribution is 2.31. The molecule has 5 aromatic rings. The molecule has 24 heteroatoms. The summed E-state index contributed by atoms with van der Waals surface area (Å²) < 4.78 is 22.6. The summed E-state index contributed by atoms with van der Waals surface area (Å²) in [6, 6.07) is 15.3. The first kappa shape index (κ1) is 62.9. The second-order valence-corrected chi connectivity index (χ2v) is 23.9. The Morgan fingerprint density at radius 2 is 1.48 bits per heavy atom. The largest absolute Gasteiger partial charge is 0.391 e. The van der Waals surface area contributed by atoms with Crippen LogP contribution in [0.2, 0.25) is 5.02 Å². The van der Waals surface area contributed by atoms with Gasteiger partial charge in [-0.25, -0.2) is 15.0 Å². The third-order valence-electron chi connectivity index (χ3n) is 15.5. The minimum atomic E-state index is -1.03. The molecule has 83 heavy (non-hydrogen) atoms. The van der Waals surface area contributed by atoms with E-state index in [0.29, 0.717) is 96.6 Å². The maximum atomic E-state index is 14.0. The van der Waals surface area contributed by atoms with Gasteiger partial charge in [0.2, 0.25) is 29.5 Å². The van der Waals surface area contributed by atoms with Crippen LogP contribution in [-0.4, -0.2) is 198 Å². The first-order valence-corrected chi connectivity index (χ1v) is 30.0. The zero-order valence-corrected chi connectivity index (χ0v) is 49.7. The van der Waals surface area contributed by atoms with Crippen LogP contribution in [-0.2, 0) is 49.5 Å². The highest BCUT2D eigenvalue weighted by Gasteiger charge is 2.45. The van der Waals surface area contributed by atoms with Crippen molar-refractivity contribution in [3.8, 4) is 10.4 Å². The number of piperazine rings is 1. The van der Waals surface area contributed by atoms with Crippen molar-refractivity contribution < 1.29 is 48.0 Å². The molecule has 3 aliphatic heterocycles. The summed E-state index contributed by atoms with van der Waals surface area (Å²) in [5.41, 5.74) is 11.5. The topological polar surface area (TPSA) is 272 Å². The first-order chi connectivity index (χ1) is 40.0. The van der Waals surface area contributed by atoms with Gasteiger partial charge in [0.1, 0.15) is 29.9 Å². The molecule has 3 aliphatic rings. The summed E-state index contributed by atoms with van der Waals surface area (Å²) in [5, 5.41) is 21.2. The molecule has 0 bridgehead atoms. The van der Waals surface area contributed by atoms with Crippen molar-refractivity contribution in [2.24, 2.45) is 11.1 Å². The zero-order valence-electron chi connectivity index (χ0n) is 48.1. The van der Waals surface area contributed by atoms with Crippen molar-refractivity contribution in [1.29, 1.82) is 0 Å². The number of aliphatic hydroxyl groups is 1. The molecular formula is C59H81ClN12O10S. The number of benzene rings is 2. The molecule has 22 nitrogen and oxygen atoms in total. The Kier molecular flexibility index (Phi) is 22.8. The monoisotopic (exact) mass is 1180 g/mol. The van der Waals surface area contributed by atoms with Crippen LogP contribution in [0.1, 0.15) is 82.2 Å². The van der Waals surface area contributed by atoms with Crippen LogP contribution in [0, 0.1) is 12.3 Å². The average Bonchev–Trinajstić information content (AvgIpc) is 4.32. The number of aromatic amines is 1. The van der Waals surface area contributed by atoms with Crippen LogP contribution in [0.25, 0.3) is 21.5 Å². The second kappa shape index (κ2) is 30.1. The number of aryl methyl sites for hydroxylation is 1. The van der Waals surface area contributed by atoms with Gasteiger partial charge in [-0.1, -0.05) is 68.8 Å². The van der Waals surface area contributed by atoms with Gasteiger partial charge in [0.05, 0.1) is 98.4 Å². The van der Waals surface area contributed by atoms with Crippen LogP contribution < -0.4 is 26.6 Å². The lowest BCUT2D eigenvalue weighted by atomic mass is 9.85. The van der Waals surface area contributed by atoms with Crippen molar-refractivity contribution in [2.75, 3.05) is 110 Å². The standard InChI is InChI=1S/C59H81ClN12O10S/c1-40-51(83-39-66-40)43-7-5-41(6-8-43)36-63-55(76)48-35-45(73)37-72(48)56(77)52(58(2,3)4)68-49(74)15-27-79-29-31-81-33-34-82-32-30-80-28-16-50(75)70-25-23-69(24-26-70)20-14-47(42-9-11-44(60)12-10-42)67-57(78)59(61)17-21-71(22-18-59)54-46-13-19-62-53(46)64-38-65-54/h5-13,19,38-39,45,47-48,52,73H,14-18,20-37,61H2,1-4H3,(H,63,76)(H,67,78)(H,68,74)(H,62,64,65)/t45-,47+,48+,52-/m1/s1. The number of amides is 5. The highest BCUT2D eigenvalue weighted by atomic mass is 35.5. The van der Waals surface area contributed by atoms with Crippen molar-refractivity contribution in [1.82, 2.24) is 50.6 Å². The molecule has 0 aliphatic carbocycles. The van der Waals surface area contributed by atoms with Gasteiger partial charge in [-0.05, 0) is 66.5 Å². The van der Waals surface area contributed by atoms with Crippen molar-refractivity contribution in [3.05, 3.63) is 94.5 Å². The smallest absolute Gasteiger partial charge is 0.246 e. The molecule has 2 aromatic carbocycles. The number of anilines is 1. The van der Waals surface area contributed by atoms with E-state index in [0.717, 1.165) is 50.7 Å². The molecule has 0 spiro atoms. The van der Waals surface area contributed by atoms with E-state index < -0.39 is 35.0 Å². The molecular weight excluding hydrogens is 1100 g/mol. The number of likely N-dealkylation sites (tertiary alicyclic amines) is 1. The summed E-state index contributed by atoms with van der Waals surface area (Å²) in [5.74, 6) is -0.476. The minimum Gasteiger partial charge on any atom is -0.391 e. The van der Waals surface area contributed by atoms with Crippen LogP contribution in [0.4, 0.5) is 5.82 Å². The predicted octanol–water partition coefficient (Wildman–Crippen LogP) is 4.39. The maximum Gasteiger partial charge on any atom is 0.246 e. The van der Waals surface area contributed by atoms with Crippen molar-refractivity contribution in [3.63, 3.8) is 0 Å². The summed E-state index contributed by atoms with van der Waals surface area (Å²) in [6.45, 7) is 14.6. The summed E-state index contributed by atoms with van der Waals surface area (Å²) in [7, 11) is 0. The van der Waals surface area contributed by atoms with Gasteiger partial charge < -0.3 is 65.4 Å². The minimum absolute atomic E-state index is 0.0125. The van der Waals surface area contributed by atoms with E-state index in [1.165, 1.54) is 4.90 Å². The number of thiazole rings is 1. The Hall–Kier alpha value is -6.15. The third-order valence-corrected chi connectivity index (χ3v) is 16.8. The van der Waals surface area contributed by atoms with Gasteiger partial charge in [0.15, 0.2) is 0 Å². The number of nitrogens with two attached hydrogens (primary N) is 1. The predicted molar refractivity (Wildman–Crippen MR) is 316 cm³/mol. The lowest BCUT2D eigenvalue weighted by Crippen LogP contribution is -2.60. The Morgan fingerprint density at radius 1 is 0.831 bits per heavy atom. The number of aliphatic hydroxyl groups excluding tert-OH is 1. The fourth-order valence-corrected chi connectivity index (χ4v) is 11.5. The number of aromatic nitrogens is 4. The van der Waals surface area contributed by atoms with Crippen LogP contribution in [0.15, 0.2) is 72.6 Å². The molecule has 3 fully saturated rings. The van der Waals surface area contributed by atoms with Crippen molar-refractivity contribution in [2.45, 2.75) is 103 Å². The zero-order chi connectivity index (χ0) is 58.9. The number of β-amino-alcohol motifs (C(OH)–C–C–N with tert-alkyl or cyclic N) is 1. The Morgan fingerprint density at radius 3 is 2.12 bits per heavy atom. The number of carbonyl (C=O) groups is 5. The maximum absolute atomic E-state index is 14.0. The number of H-pyrrole nitrogens is 1. The number of carbonyl (C=O) groups excluding carboxylic acids is 5. The summed E-state index contributed by atoms with van der Waals surface area (Å²) >= 11 is 7.81. The van der Waals surface area contributed by atoms with E-state index in [1.807, 2.05) is 98.9 Å². The Balaban J connectivity index is 0.639. The number of piperidine rings is 1.